The molecule has 0 amide bonds. The zero-order chi connectivity index (χ0) is 18.8. The maximum atomic E-state index is 4.30. The van der Waals surface area contributed by atoms with E-state index in [1.807, 2.05) is 27.7 Å². The highest BCUT2D eigenvalue weighted by atomic mass is 15.1. The van der Waals surface area contributed by atoms with Crippen LogP contribution >= 0.6 is 0 Å². The lowest BCUT2D eigenvalue weighted by Crippen LogP contribution is -2.33. The molecule has 0 radical (unpaired) electrons. The normalized spacial score (nSPS) is 14.9. The summed E-state index contributed by atoms with van der Waals surface area (Å²) in [5, 5.41) is 0. The summed E-state index contributed by atoms with van der Waals surface area (Å²) in [7, 11) is 0. The van der Waals surface area contributed by atoms with Crippen LogP contribution in [0.4, 0.5) is 0 Å². The first-order valence-corrected chi connectivity index (χ1v) is 9.84. The number of nitrogens with zero attached hydrogens (tertiary/aromatic N) is 1. The summed E-state index contributed by atoms with van der Waals surface area (Å²) in [5.41, 5.74) is 4.52. The van der Waals surface area contributed by atoms with Crippen LogP contribution in [0.5, 0.6) is 0 Å². The van der Waals surface area contributed by atoms with Gasteiger partial charge in [-0.1, -0.05) is 84.9 Å². The zero-order valence-corrected chi connectivity index (χ0v) is 17.6. The molecule has 1 saturated heterocycles. The molecule has 2 rings (SSSR count). The van der Waals surface area contributed by atoms with E-state index in [0.717, 1.165) is 25.4 Å². The topological polar surface area (TPSA) is 3.24 Å². The predicted octanol–water partition coefficient (Wildman–Crippen LogP) is 7.18. The summed E-state index contributed by atoms with van der Waals surface area (Å²) in [4.78, 5) is 2.50. The third-order valence-corrected chi connectivity index (χ3v) is 4.23. The van der Waals surface area contributed by atoms with Crippen molar-refractivity contribution in [2.75, 3.05) is 13.1 Å². The van der Waals surface area contributed by atoms with E-state index in [1.165, 1.54) is 29.7 Å². The fraction of sp³-hybridized carbons (Fsp3) is 0.652. The van der Waals surface area contributed by atoms with Crippen molar-refractivity contribution in [3.8, 4) is 0 Å². The van der Waals surface area contributed by atoms with Crippen LogP contribution in [0.25, 0.3) is 0 Å². The molecular formula is C23H41N. The number of rotatable bonds is 3. The quantitative estimate of drug-likeness (QED) is 0.567. The van der Waals surface area contributed by atoms with Gasteiger partial charge in [-0.25, -0.2) is 0 Å². The molecule has 0 unspecified atom stereocenters. The van der Waals surface area contributed by atoms with Crippen molar-refractivity contribution < 1.29 is 0 Å². The summed E-state index contributed by atoms with van der Waals surface area (Å²) in [5.74, 6) is 0.731. The van der Waals surface area contributed by atoms with Gasteiger partial charge in [0.2, 0.25) is 0 Å². The second-order valence-electron chi connectivity index (χ2n) is 7.48. The molecule has 0 aromatic heterocycles. The Balaban J connectivity index is 0.00000123. The highest BCUT2D eigenvalue weighted by molar-refractivity contribution is 5.25. The number of likely N-dealkylation sites (tertiary alicyclic amines) is 1. The average molecular weight is 332 g/mol. The molecule has 0 atom stereocenters. The van der Waals surface area contributed by atoms with Gasteiger partial charge in [-0.05, 0) is 43.1 Å². The van der Waals surface area contributed by atoms with Crippen LogP contribution in [-0.4, -0.2) is 18.0 Å². The lowest BCUT2D eigenvalue weighted by atomic mass is 9.87. The maximum Gasteiger partial charge on any atom is 0.0180 e. The summed E-state index contributed by atoms with van der Waals surface area (Å²) < 4.78 is 0. The lowest BCUT2D eigenvalue weighted by Gasteiger charge is -2.37. The largest absolute Gasteiger partial charge is 0.375 e. The Hall–Kier alpha value is -1.24. The number of allylic oxidation sites excluding steroid dienone is 1. The number of benzene rings is 1. The Labute approximate surface area is 152 Å². The minimum absolute atomic E-state index is 0.338. The van der Waals surface area contributed by atoms with Crippen LogP contribution in [0.2, 0.25) is 0 Å². The first kappa shape index (κ1) is 22.8. The molecule has 0 N–H and O–H groups in total. The number of aryl methyl sites for hydroxylation is 1. The highest BCUT2D eigenvalue weighted by Crippen LogP contribution is 2.32. The minimum Gasteiger partial charge on any atom is -0.375 e. The van der Waals surface area contributed by atoms with Gasteiger partial charge < -0.3 is 4.90 Å². The van der Waals surface area contributed by atoms with Gasteiger partial charge in [0.1, 0.15) is 0 Å². The van der Waals surface area contributed by atoms with E-state index in [2.05, 4.69) is 63.4 Å². The van der Waals surface area contributed by atoms with E-state index in [0.29, 0.717) is 5.41 Å². The van der Waals surface area contributed by atoms with Crippen LogP contribution in [0.15, 0.2) is 36.5 Å². The van der Waals surface area contributed by atoms with Crippen LogP contribution in [0, 0.1) is 12.3 Å². The zero-order valence-electron chi connectivity index (χ0n) is 17.6. The Kier molecular flexibility index (Phi) is 10.8. The van der Waals surface area contributed by atoms with Crippen LogP contribution < -0.4 is 0 Å². The van der Waals surface area contributed by atoms with Crippen molar-refractivity contribution in [2.45, 2.75) is 80.6 Å². The minimum atomic E-state index is 0.338. The van der Waals surface area contributed by atoms with E-state index >= 15 is 0 Å². The second kappa shape index (κ2) is 11.3. The summed E-state index contributed by atoms with van der Waals surface area (Å²) in [6.07, 6.45) is 3.61. The maximum absolute atomic E-state index is 4.30. The average Bonchev–Trinajstić information content (AvgIpc) is 2.58. The Morgan fingerprint density at radius 2 is 1.46 bits per heavy atom. The van der Waals surface area contributed by atoms with E-state index in [1.54, 1.807) is 0 Å². The fourth-order valence-corrected chi connectivity index (χ4v) is 3.09. The SMILES string of the molecule is C=C(CC(C)(C)C)N1CCC(c2ccc(C)cc2)CC1.CC.CC. The number of piperidine rings is 1. The Morgan fingerprint density at radius 1 is 1.00 bits per heavy atom. The molecule has 1 aromatic carbocycles. The van der Waals surface area contributed by atoms with Gasteiger partial charge in [-0.2, -0.15) is 0 Å². The molecule has 1 heterocycles. The molecule has 1 heteroatoms. The van der Waals surface area contributed by atoms with Crippen molar-refractivity contribution in [3.63, 3.8) is 0 Å². The predicted molar refractivity (Wildman–Crippen MR) is 111 cm³/mol. The molecule has 0 aliphatic carbocycles. The monoisotopic (exact) mass is 331 g/mol. The standard InChI is InChI=1S/C19H29N.2C2H6/c1-15-6-8-17(9-7-15)18-10-12-20(13-11-18)16(2)14-19(3,4)5;2*1-2/h6-9,18H,2,10-14H2,1,3-5H3;2*1-2H3. The molecule has 1 aliphatic rings. The van der Waals surface area contributed by atoms with Gasteiger partial charge >= 0.3 is 0 Å². The van der Waals surface area contributed by atoms with Crippen molar-refractivity contribution in [3.05, 3.63) is 47.7 Å². The molecule has 1 fully saturated rings. The summed E-state index contributed by atoms with van der Waals surface area (Å²) in [6.45, 7) is 23.6. The molecule has 0 bridgehead atoms. The Morgan fingerprint density at radius 3 is 1.88 bits per heavy atom. The van der Waals surface area contributed by atoms with Gasteiger partial charge in [-0.3, -0.25) is 0 Å². The first-order valence-electron chi connectivity index (χ1n) is 9.84. The first-order chi connectivity index (χ1) is 11.3. The molecule has 0 saturated carbocycles. The van der Waals surface area contributed by atoms with Gasteiger partial charge in [0.05, 0.1) is 0 Å². The third kappa shape index (κ3) is 8.04. The van der Waals surface area contributed by atoms with Crippen molar-refractivity contribution >= 4 is 0 Å². The number of hydrogen-bond acceptors (Lipinski definition) is 1. The molecular weight excluding hydrogens is 290 g/mol. The third-order valence-electron chi connectivity index (χ3n) is 4.23. The van der Waals surface area contributed by atoms with Gasteiger partial charge in [0.15, 0.2) is 0 Å². The van der Waals surface area contributed by atoms with Gasteiger partial charge in [0, 0.05) is 18.8 Å². The number of hydrogen-bond donors (Lipinski definition) is 0. The highest BCUT2D eigenvalue weighted by Gasteiger charge is 2.23. The van der Waals surface area contributed by atoms with Crippen LogP contribution in [0.1, 0.15) is 84.8 Å². The van der Waals surface area contributed by atoms with Crippen molar-refractivity contribution in [1.29, 1.82) is 0 Å². The van der Waals surface area contributed by atoms with Crippen LogP contribution in [-0.2, 0) is 0 Å². The Bertz CT molecular complexity index is 442. The molecule has 138 valence electrons. The van der Waals surface area contributed by atoms with E-state index < -0.39 is 0 Å². The van der Waals surface area contributed by atoms with Gasteiger partial charge in [0.25, 0.3) is 0 Å². The molecule has 1 aromatic rings. The van der Waals surface area contributed by atoms with Crippen molar-refractivity contribution in [1.82, 2.24) is 4.90 Å². The summed E-state index contributed by atoms with van der Waals surface area (Å²) >= 11 is 0. The molecule has 24 heavy (non-hydrogen) atoms. The summed E-state index contributed by atoms with van der Waals surface area (Å²) in [6, 6.07) is 9.08. The van der Waals surface area contributed by atoms with E-state index in [4.69, 9.17) is 0 Å². The lowest BCUT2D eigenvalue weighted by molar-refractivity contribution is 0.236. The molecule has 1 aliphatic heterocycles. The van der Waals surface area contributed by atoms with Crippen molar-refractivity contribution in [2.24, 2.45) is 5.41 Å². The smallest absolute Gasteiger partial charge is 0.0180 e. The van der Waals surface area contributed by atoms with Gasteiger partial charge in [-0.15, -0.1) is 0 Å². The van der Waals surface area contributed by atoms with E-state index in [9.17, 15) is 0 Å². The van der Waals surface area contributed by atoms with Crippen LogP contribution in [0.3, 0.4) is 0 Å². The second-order valence-corrected chi connectivity index (χ2v) is 7.48. The molecule has 1 nitrogen and oxygen atoms in total. The molecule has 0 spiro atoms. The fourth-order valence-electron chi connectivity index (χ4n) is 3.09. The van der Waals surface area contributed by atoms with E-state index in [-0.39, 0.29) is 0 Å².